The first-order valence-electron chi connectivity index (χ1n) is 11.4. The maximum atomic E-state index is 6.10. The van der Waals surface area contributed by atoms with Crippen LogP contribution in [0.5, 0.6) is 0 Å². The van der Waals surface area contributed by atoms with E-state index in [0.717, 1.165) is 38.7 Å². The van der Waals surface area contributed by atoms with Crippen molar-refractivity contribution in [3.8, 4) is 0 Å². The van der Waals surface area contributed by atoms with Crippen molar-refractivity contribution >= 4 is 17.3 Å². The number of ether oxygens (including phenoxy) is 1. The molecule has 4 heterocycles. The summed E-state index contributed by atoms with van der Waals surface area (Å²) in [4.78, 5) is 11.6. The van der Waals surface area contributed by atoms with E-state index >= 15 is 0 Å². The number of thiophene rings is 1. The number of fused-ring (bicyclic) bond motifs is 1. The van der Waals surface area contributed by atoms with E-state index in [1.165, 1.54) is 43.6 Å². The highest BCUT2D eigenvalue weighted by molar-refractivity contribution is 7.10. The van der Waals surface area contributed by atoms with Crippen molar-refractivity contribution in [2.75, 3.05) is 52.9 Å². The molecule has 3 saturated heterocycles. The molecule has 4 unspecified atom stereocenters. The van der Waals surface area contributed by atoms with Crippen LogP contribution >= 0.6 is 11.3 Å². The maximum absolute atomic E-state index is 6.10. The van der Waals surface area contributed by atoms with Crippen molar-refractivity contribution in [3.05, 3.63) is 22.4 Å². The van der Waals surface area contributed by atoms with E-state index in [1.807, 2.05) is 11.3 Å². The summed E-state index contributed by atoms with van der Waals surface area (Å²) in [6.45, 7) is 9.05. The number of hydrogen-bond acceptors (Lipinski definition) is 5. The number of morpholine rings is 1. The van der Waals surface area contributed by atoms with E-state index in [-0.39, 0.29) is 6.10 Å². The minimum absolute atomic E-state index is 0.257. The van der Waals surface area contributed by atoms with Crippen LogP contribution in [0, 0.1) is 5.92 Å². The summed E-state index contributed by atoms with van der Waals surface area (Å²) in [5, 5.41) is 9.17. The van der Waals surface area contributed by atoms with Gasteiger partial charge in [0.05, 0.1) is 12.7 Å². The van der Waals surface area contributed by atoms with Crippen molar-refractivity contribution < 1.29 is 4.74 Å². The van der Waals surface area contributed by atoms with Gasteiger partial charge in [-0.1, -0.05) is 6.07 Å². The summed E-state index contributed by atoms with van der Waals surface area (Å²) >= 11 is 1.88. The first-order valence-corrected chi connectivity index (χ1v) is 12.2. The summed E-state index contributed by atoms with van der Waals surface area (Å²) in [5.74, 6) is 1.50. The molecule has 0 aromatic carbocycles. The molecular weight excluding hydrogens is 382 g/mol. The smallest absolute Gasteiger partial charge is 0.191 e. The number of nitrogens with one attached hydrogen (secondary N) is 2. The van der Waals surface area contributed by atoms with Gasteiger partial charge in [0, 0.05) is 43.1 Å². The van der Waals surface area contributed by atoms with Crippen LogP contribution in [0.15, 0.2) is 22.5 Å². The fourth-order valence-electron chi connectivity index (χ4n) is 5.13. The first-order chi connectivity index (χ1) is 14.2. The van der Waals surface area contributed by atoms with Crippen molar-refractivity contribution in [2.45, 2.75) is 50.8 Å². The van der Waals surface area contributed by atoms with Crippen molar-refractivity contribution in [1.29, 1.82) is 0 Å². The summed E-state index contributed by atoms with van der Waals surface area (Å²) in [7, 11) is 2.26. The van der Waals surface area contributed by atoms with Gasteiger partial charge in [0.25, 0.3) is 0 Å². The van der Waals surface area contributed by atoms with Crippen LogP contribution in [0.1, 0.15) is 43.5 Å². The van der Waals surface area contributed by atoms with Crippen LogP contribution in [0.25, 0.3) is 0 Å². The average Bonchev–Trinajstić information content (AvgIpc) is 3.41. The van der Waals surface area contributed by atoms with Crippen LogP contribution in [0.4, 0.5) is 0 Å². The summed E-state index contributed by atoms with van der Waals surface area (Å²) in [6.07, 6.45) is 5.38. The van der Waals surface area contributed by atoms with Gasteiger partial charge in [-0.2, -0.15) is 0 Å². The molecule has 2 N–H and O–H groups in total. The fourth-order valence-corrected chi connectivity index (χ4v) is 6.11. The fraction of sp³-hybridized carbons (Fsp3) is 0.773. The lowest BCUT2D eigenvalue weighted by atomic mass is 9.88. The van der Waals surface area contributed by atoms with Gasteiger partial charge >= 0.3 is 0 Å². The summed E-state index contributed by atoms with van der Waals surface area (Å²) in [5.41, 5.74) is 0. The van der Waals surface area contributed by atoms with Crippen molar-refractivity contribution in [3.63, 3.8) is 0 Å². The Morgan fingerprint density at radius 1 is 1.28 bits per heavy atom. The topological polar surface area (TPSA) is 52.1 Å². The van der Waals surface area contributed by atoms with E-state index in [4.69, 9.17) is 9.73 Å². The number of piperidine rings is 1. The van der Waals surface area contributed by atoms with Crippen molar-refractivity contribution in [1.82, 2.24) is 20.4 Å². The predicted octanol–water partition coefficient (Wildman–Crippen LogP) is 2.55. The molecule has 29 heavy (non-hydrogen) atoms. The molecule has 0 radical (unpaired) electrons. The number of aliphatic imine (C=N–C) groups is 1. The minimum atomic E-state index is 0.257. The Hall–Kier alpha value is -1.15. The molecule has 0 aliphatic carbocycles. The van der Waals surface area contributed by atoms with Gasteiger partial charge in [-0.3, -0.25) is 14.8 Å². The molecule has 4 atom stereocenters. The third-order valence-electron chi connectivity index (χ3n) is 6.63. The summed E-state index contributed by atoms with van der Waals surface area (Å²) in [6, 6.07) is 5.60. The second-order valence-corrected chi connectivity index (χ2v) is 9.67. The lowest BCUT2D eigenvalue weighted by Crippen LogP contribution is -2.51. The lowest BCUT2D eigenvalue weighted by molar-refractivity contribution is -0.0453. The molecule has 7 heteroatoms. The number of hydrogen-bond donors (Lipinski definition) is 2. The molecule has 4 rings (SSSR count). The highest BCUT2D eigenvalue weighted by Gasteiger charge is 2.33. The normalized spacial score (nSPS) is 31.6. The van der Waals surface area contributed by atoms with Gasteiger partial charge in [-0.05, 0) is 70.1 Å². The largest absolute Gasteiger partial charge is 0.373 e. The average molecular weight is 420 g/mol. The Labute approximate surface area is 179 Å². The van der Waals surface area contributed by atoms with Gasteiger partial charge in [0.15, 0.2) is 5.96 Å². The van der Waals surface area contributed by atoms with E-state index in [9.17, 15) is 0 Å². The molecule has 162 valence electrons. The highest BCUT2D eigenvalue weighted by atomic mass is 32.1. The van der Waals surface area contributed by atoms with E-state index < -0.39 is 0 Å². The zero-order valence-electron chi connectivity index (χ0n) is 18.0. The maximum Gasteiger partial charge on any atom is 0.191 e. The quantitative estimate of drug-likeness (QED) is 0.548. The van der Waals surface area contributed by atoms with Crippen LogP contribution < -0.4 is 10.6 Å². The molecule has 0 saturated carbocycles. The highest BCUT2D eigenvalue weighted by Crippen LogP contribution is 2.37. The van der Waals surface area contributed by atoms with Crippen LogP contribution in [-0.2, 0) is 4.74 Å². The zero-order chi connectivity index (χ0) is 20.1. The van der Waals surface area contributed by atoms with Gasteiger partial charge in [-0.25, -0.2) is 0 Å². The monoisotopic (exact) mass is 419 g/mol. The number of likely N-dealkylation sites (tertiary alicyclic amines) is 1. The van der Waals surface area contributed by atoms with Crippen LogP contribution in [-0.4, -0.2) is 80.8 Å². The molecular formula is C22H37N5OS. The molecule has 0 spiro atoms. The van der Waals surface area contributed by atoms with E-state index in [0.29, 0.717) is 18.0 Å². The first kappa shape index (κ1) is 21.1. The Bertz CT molecular complexity index is 652. The SMILES string of the molecule is CCNC(=NCC1CCCN(C)C1c1cccs1)NCC1CN2CCCC2CO1. The second kappa shape index (κ2) is 10.2. The molecule has 3 fully saturated rings. The molecule has 1 aromatic rings. The number of rotatable bonds is 6. The molecule has 3 aliphatic rings. The second-order valence-electron chi connectivity index (χ2n) is 8.69. The standard InChI is InChI=1S/C22H37N5OS/c1-3-23-22(25-14-19-15-27-11-5-8-18(27)16-28-19)24-13-17-7-4-10-26(2)21(17)20-9-6-12-29-20/h6,9,12,17-19,21H,3-5,7-8,10-11,13-16H2,1-2H3,(H2,23,24,25). The number of guanidine groups is 1. The predicted molar refractivity (Wildman–Crippen MR) is 121 cm³/mol. The molecule has 6 nitrogen and oxygen atoms in total. The van der Waals surface area contributed by atoms with Crippen LogP contribution in [0.3, 0.4) is 0 Å². The third-order valence-corrected chi connectivity index (χ3v) is 7.57. The number of nitrogens with zero attached hydrogens (tertiary/aromatic N) is 3. The Balaban J connectivity index is 1.33. The molecule has 3 aliphatic heterocycles. The van der Waals surface area contributed by atoms with Crippen molar-refractivity contribution in [2.24, 2.45) is 10.9 Å². The summed E-state index contributed by atoms with van der Waals surface area (Å²) < 4.78 is 6.10. The molecule has 0 amide bonds. The molecule has 1 aromatic heterocycles. The van der Waals surface area contributed by atoms with Gasteiger partial charge in [-0.15, -0.1) is 11.3 Å². The van der Waals surface area contributed by atoms with Gasteiger partial charge < -0.3 is 15.4 Å². The third kappa shape index (κ3) is 5.32. The van der Waals surface area contributed by atoms with Gasteiger partial charge in [0.1, 0.15) is 0 Å². The Morgan fingerprint density at radius 3 is 3.00 bits per heavy atom. The zero-order valence-corrected chi connectivity index (χ0v) is 18.8. The Kier molecular flexibility index (Phi) is 7.45. The lowest BCUT2D eigenvalue weighted by Gasteiger charge is -2.38. The Morgan fingerprint density at radius 2 is 2.17 bits per heavy atom. The van der Waals surface area contributed by atoms with Gasteiger partial charge in [0.2, 0.25) is 0 Å². The van der Waals surface area contributed by atoms with E-state index in [1.54, 1.807) is 0 Å². The molecule has 0 bridgehead atoms. The van der Waals surface area contributed by atoms with E-state index in [2.05, 4.69) is 51.9 Å². The van der Waals surface area contributed by atoms with Crippen LogP contribution in [0.2, 0.25) is 0 Å². The minimum Gasteiger partial charge on any atom is -0.373 e.